The van der Waals surface area contributed by atoms with Crippen LogP contribution in [0.4, 0.5) is 0 Å². The van der Waals surface area contributed by atoms with Crippen molar-refractivity contribution in [3.05, 3.63) is 35.0 Å². The highest BCUT2D eigenvalue weighted by Crippen LogP contribution is 2.25. The number of rotatable bonds is 2. The maximum atomic E-state index is 3.65. The Morgan fingerprint density at radius 3 is 2.89 bits per heavy atom. The van der Waals surface area contributed by atoms with E-state index in [1.54, 1.807) is 0 Å². The average Bonchev–Trinajstić information content (AvgIpc) is 2.67. The summed E-state index contributed by atoms with van der Waals surface area (Å²) in [5.74, 6) is 0. The first kappa shape index (κ1) is 11.8. The van der Waals surface area contributed by atoms with E-state index in [4.69, 9.17) is 0 Å². The molecule has 1 fully saturated rings. The molecule has 2 heterocycles. The molecule has 1 unspecified atom stereocenters. The summed E-state index contributed by atoms with van der Waals surface area (Å²) in [7, 11) is 0. The van der Waals surface area contributed by atoms with E-state index in [0.717, 1.165) is 6.42 Å². The summed E-state index contributed by atoms with van der Waals surface area (Å²) in [6, 6.07) is 7.37. The number of nitrogens with one attached hydrogen (secondary N) is 2. The van der Waals surface area contributed by atoms with Gasteiger partial charge in [0.1, 0.15) is 0 Å². The Kier molecular flexibility index (Phi) is 3.13. The number of aryl methyl sites for hydroxylation is 2. The van der Waals surface area contributed by atoms with Gasteiger partial charge < -0.3 is 10.3 Å². The van der Waals surface area contributed by atoms with E-state index < -0.39 is 0 Å². The van der Waals surface area contributed by atoms with E-state index >= 15 is 0 Å². The molecule has 0 radical (unpaired) electrons. The fourth-order valence-corrected chi connectivity index (χ4v) is 3.10. The van der Waals surface area contributed by atoms with Crippen LogP contribution < -0.4 is 5.32 Å². The van der Waals surface area contributed by atoms with Gasteiger partial charge in [0.2, 0.25) is 0 Å². The molecule has 2 heteroatoms. The predicted molar refractivity (Wildman–Crippen MR) is 77.1 cm³/mol. The number of aromatic nitrogens is 1. The summed E-state index contributed by atoms with van der Waals surface area (Å²) in [4.78, 5) is 3.52. The monoisotopic (exact) mass is 242 g/mol. The van der Waals surface area contributed by atoms with Crippen LogP contribution in [0.15, 0.2) is 18.2 Å². The highest BCUT2D eigenvalue weighted by atomic mass is 14.9. The third-order valence-corrected chi connectivity index (χ3v) is 4.14. The van der Waals surface area contributed by atoms with E-state index in [9.17, 15) is 0 Å². The molecule has 3 rings (SSSR count). The van der Waals surface area contributed by atoms with Gasteiger partial charge in [0.15, 0.2) is 0 Å². The van der Waals surface area contributed by atoms with Gasteiger partial charge in [-0.05, 0) is 57.4 Å². The van der Waals surface area contributed by atoms with Crippen LogP contribution in [0.2, 0.25) is 0 Å². The summed E-state index contributed by atoms with van der Waals surface area (Å²) < 4.78 is 0. The van der Waals surface area contributed by atoms with Crippen molar-refractivity contribution in [1.82, 2.24) is 10.3 Å². The first-order valence-corrected chi connectivity index (χ1v) is 7.05. The van der Waals surface area contributed by atoms with Crippen molar-refractivity contribution in [3.63, 3.8) is 0 Å². The molecule has 1 aliphatic heterocycles. The summed E-state index contributed by atoms with van der Waals surface area (Å²) >= 11 is 0. The van der Waals surface area contributed by atoms with Crippen molar-refractivity contribution < 1.29 is 0 Å². The Morgan fingerprint density at radius 1 is 1.22 bits per heavy atom. The third-order valence-electron chi connectivity index (χ3n) is 4.14. The zero-order chi connectivity index (χ0) is 12.5. The molecule has 1 saturated heterocycles. The molecule has 1 atom stereocenters. The van der Waals surface area contributed by atoms with Gasteiger partial charge in [-0.2, -0.15) is 0 Å². The number of hydrogen-bond acceptors (Lipinski definition) is 1. The van der Waals surface area contributed by atoms with Gasteiger partial charge in [-0.3, -0.25) is 0 Å². The molecule has 18 heavy (non-hydrogen) atoms. The summed E-state index contributed by atoms with van der Waals surface area (Å²) in [5.41, 5.74) is 5.47. The van der Waals surface area contributed by atoms with Crippen LogP contribution in [-0.2, 0) is 6.42 Å². The molecule has 2 aromatic rings. The van der Waals surface area contributed by atoms with Gasteiger partial charge in [0, 0.05) is 22.6 Å². The normalized spacial score (nSPS) is 20.4. The lowest BCUT2D eigenvalue weighted by atomic mass is 9.96. The highest BCUT2D eigenvalue weighted by molar-refractivity contribution is 5.85. The van der Waals surface area contributed by atoms with E-state index in [0.29, 0.717) is 6.04 Å². The van der Waals surface area contributed by atoms with E-state index in [-0.39, 0.29) is 0 Å². The Morgan fingerprint density at radius 2 is 2.11 bits per heavy atom. The molecular formula is C16H22N2. The molecule has 1 aliphatic rings. The molecule has 0 saturated carbocycles. The quantitative estimate of drug-likeness (QED) is 0.829. The van der Waals surface area contributed by atoms with Crippen LogP contribution in [0.3, 0.4) is 0 Å². The van der Waals surface area contributed by atoms with E-state index in [1.165, 1.54) is 53.5 Å². The lowest BCUT2D eigenvalue weighted by Gasteiger charge is -2.23. The Hall–Kier alpha value is -1.28. The number of benzene rings is 1. The second-order valence-corrected chi connectivity index (χ2v) is 5.63. The molecule has 0 amide bonds. The van der Waals surface area contributed by atoms with Gasteiger partial charge in [-0.25, -0.2) is 0 Å². The maximum Gasteiger partial charge on any atom is 0.0459 e. The highest BCUT2D eigenvalue weighted by Gasteiger charge is 2.17. The number of aromatic amines is 1. The van der Waals surface area contributed by atoms with Crippen LogP contribution >= 0.6 is 0 Å². The van der Waals surface area contributed by atoms with Crippen LogP contribution in [0, 0.1) is 13.8 Å². The van der Waals surface area contributed by atoms with E-state index in [2.05, 4.69) is 42.3 Å². The zero-order valence-electron chi connectivity index (χ0n) is 11.3. The second-order valence-electron chi connectivity index (χ2n) is 5.63. The minimum atomic E-state index is 0.664. The molecule has 1 aromatic carbocycles. The molecular weight excluding hydrogens is 220 g/mol. The van der Waals surface area contributed by atoms with Gasteiger partial charge in [0.25, 0.3) is 0 Å². The lowest BCUT2D eigenvalue weighted by Crippen LogP contribution is -2.35. The molecule has 1 aromatic heterocycles. The maximum absolute atomic E-state index is 3.65. The van der Waals surface area contributed by atoms with Crippen LogP contribution in [0.25, 0.3) is 10.9 Å². The first-order chi connectivity index (χ1) is 8.74. The van der Waals surface area contributed by atoms with Gasteiger partial charge >= 0.3 is 0 Å². The van der Waals surface area contributed by atoms with Crippen molar-refractivity contribution in [3.8, 4) is 0 Å². The van der Waals surface area contributed by atoms with Crippen molar-refractivity contribution in [2.75, 3.05) is 6.54 Å². The molecule has 0 bridgehead atoms. The number of fused-ring (bicyclic) bond motifs is 1. The predicted octanol–water partition coefficient (Wildman–Crippen LogP) is 3.47. The summed E-state index contributed by atoms with van der Waals surface area (Å²) in [5, 5.41) is 5.07. The van der Waals surface area contributed by atoms with Gasteiger partial charge in [0.05, 0.1) is 0 Å². The second kappa shape index (κ2) is 4.77. The first-order valence-electron chi connectivity index (χ1n) is 7.05. The number of piperidine rings is 1. The minimum absolute atomic E-state index is 0.664. The third kappa shape index (κ3) is 2.17. The van der Waals surface area contributed by atoms with Crippen molar-refractivity contribution in [2.24, 2.45) is 0 Å². The standard InChI is InChI=1S/C16H22N2/c1-11-6-7-16-15(9-11)14(12(2)18-16)10-13-5-3-4-8-17-13/h6-7,9,13,17-18H,3-5,8,10H2,1-2H3. The van der Waals surface area contributed by atoms with Crippen molar-refractivity contribution >= 4 is 10.9 Å². The van der Waals surface area contributed by atoms with Crippen LogP contribution in [0.1, 0.15) is 36.1 Å². The SMILES string of the molecule is Cc1ccc2[nH]c(C)c(CC3CCCCN3)c2c1. The van der Waals surface area contributed by atoms with Gasteiger partial charge in [-0.15, -0.1) is 0 Å². The number of hydrogen-bond donors (Lipinski definition) is 2. The topological polar surface area (TPSA) is 27.8 Å². The zero-order valence-corrected chi connectivity index (χ0v) is 11.3. The largest absolute Gasteiger partial charge is 0.358 e. The fourth-order valence-electron chi connectivity index (χ4n) is 3.10. The van der Waals surface area contributed by atoms with E-state index in [1.807, 2.05) is 0 Å². The Bertz CT molecular complexity index is 547. The van der Waals surface area contributed by atoms with Crippen LogP contribution in [-0.4, -0.2) is 17.6 Å². The molecule has 96 valence electrons. The van der Waals surface area contributed by atoms with Crippen molar-refractivity contribution in [2.45, 2.75) is 45.6 Å². The van der Waals surface area contributed by atoms with Crippen molar-refractivity contribution in [1.29, 1.82) is 0 Å². The molecule has 2 N–H and O–H groups in total. The summed E-state index contributed by atoms with van der Waals surface area (Å²) in [6.07, 6.45) is 5.19. The molecule has 0 spiro atoms. The lowest BCUT2D eigenvalue weighted by molar-refractivity contribution is 0.399. The van der Waals surface area contributed by atoms with Gasteiger partial charge in [-0.1, -0.05) is 18.1 Å². The average molecular weight is 242 g/mol. The molecule has 0 aliphatic carbocycles. The van der Waals surface area contributed by atoms with Crippen LogP contribution in [0.5, 0.6) is 0 Å². The summed E-state index contributed by atoms with van der Waals surface area (Å²) in [6.45, 7) is 5.56. The Balaban J connectivity index is 1.94. The smallest absolute Gasteiger partial charge is 0.0459 e. The Labute approximate surface area is 109 Å². The minimum Gasteiger partial charge on any atom is -0.358 e. The fraction of sp³-hybridized carbons (Fsp3) is 0.500. The number of H-pyrrole nitrogens is 1. The molecule has 2 nitrogen and oxygen atoms in total.